The Kier molecular flexibility index (Phi) is 6.55. The summed E-state index contributed by atoms with van der Waals surface area (Å²) in [6.45, 7) is 5.25. The number of benzene rings is 2. The third-order valence-electron chi connectivity index (χ3n) is 6.00. The number of ether oxygens (including phenoxy) is 1. The normalized spacial score (nSPS) is 13.6. The maximum atomic E-state index is 13.0. The number of aromatic nitrogens is 1. The van der Waals surface area contributed by atoms with Crippen molar-refractivity contribution in [1.29, 1.82) is 0 Å². The summed E-state index contributed by atoms with van der Waals surface area (Å²) < 4.78 is 5.36. The SMILES string of the molecule is COc1nc(C)c(C)cc1NC(=O)N1CCC(=C(c2ccccc2)c2ccccc2)CC1. The average Bonchev–Trinajstić information content (AvgIpc) is 2.83. The van der Waals surface area contributed by atoms with Gasteiger partial charge in [0, 0.05) is 18.8 Å². The molecule has 5 nitrogen and oxygen atoms in total. The Bertz CT molecular complexity index is 1070. The summed E-state index contributed by atoms with van der Waals surface area (Å²) in [6.07, 6.45) is 1.68. The van der Waals surface area contributed by atoms with Crippen molar-refractivity contribution in [3.63, 3.8) is 0 Å². The first-order valence-corrected chi connectivity index (χ1v) is 11.0. The Morgan fingerprint density at radius 2 is 1.50 bits per heavy atom. The number of hydrogen-bond donors (Lipinski definition) is 1. The van der Waals surface area contributed by atoms with Gasteiger partial charge < -0.3 is 15.0 Å². The number of urea groups is 1. The van der Waals surface area contributed by atoms with Crippen LogP contribution in [0, 0.1) is 13.8 Å². The summed E-state index contributed by atoms with van der Waals surface area (Å²) in [5.41, 5.74) is 7.62. The minimum atomic E-state index is -0.117. The number of methoxy groups -OCH3 is 1. The lowest BCUT2D eigenvalue weighted by Crippen LogP contribution is -2.39. The van der Waals surface area contributed by atoms with E-state index in [1.54, 1.807) is 7.11 Å². The molecule has 0 bridgehead atoms. The van der Waals surface area contributed by atoms with E-state index in [1.165, 1.54) is 22.3 Å². The number of anilines is 1. The van der Waals surface area contributed by atoms with Gasteiger partial charge in [0.2, 0.25) is 5.88 Å². The fraction of sp³-hybridized carbons (Fsp3) is 0.259. The van der Waals surface area contributed by atoms with Gasteiger partial charge in [0.15, 0.2) is 0 Å². The van der Waals surface area contributed by atoms with Crippen molar-refractivity contribution >= 4 is 17.3 Å². The highest BCUT2D eigenvalue weighted by atomic mass is 16.5. The van der Waals surface area contributed by atoms with E-state index in [0.717, 1.165) is 24.1 Å². The van der Waals surface area contributed by atoms with Crippen LogP contribution < -0.4 is 10.1 Å². The van der Waals surface area contributed by atoms with Crippen LogP contribution in [0.4, 0.5) is 10.5 Å². The Hall–Kier alpha value is -3.60. The molecule has 0 unspecified atom stereocenters. The molecule has 2 aromatic carbocycles. The first-order chi connectivity index (χ1) is 15.6. The molecule has 3 aromatic rings. The zero-order chi connectivity index (χ0) is 22.5. The Morgan fingerprint density at radius 1 is 0.938 bits per heavy atom. The smallest absolute Gasteiger partial charge is 0.322 e. The zero-order valence-corrected chi connectivity index (χ0v) is 18.9. The van der Waals surface area contributed by atoms with Gasteiger partial charge in [-0.15, -0.1) is 0 Å². The van der Waals surface area contributed by atoms with Gasteiger partial charge >= 0.3 is 6.03 Å². The fourth-order valence-corrected chi connectivity index (χ4v) is 4.14. The summed E-state index contributed by atoms with van der Waals surface area (Å²) in [6, 6.07) is 22.8. The van der Waals surface area contributed by atoms with E-state index in [2.05, 4.69) is 58.8 Å². The summed E-state index contributed by atoms with van der Waals surface area (Å²) in [5, 5.41) is 2.99. The molecule has 1 fully saturated rings. The van der Waals surface area contributed by atoms with Crippen molar-refractivity contribution in [3.05, 3.63) is 94.7 Å². The number of rotatable bonds is 4. The Labute approximate surface area is 189 Å². The second-order valence-corrected chi connectivity index (χ2v) is 8.08. The van der Waals surface area contributed by atoms with Gasteiger partial charge in [0.25, 0.3) is 0 Å². The quantitative estimate of drug-likeness (QED) is 0.569. The molecular formula is C27H29N3O2. The number of likely N-dealkylation sites (tertiary alicyclic amines) is 1. The molecule has 5 heteroatoms. The molecule has 0 spiro atoms. The number of pyridine rings is 1. The Morgan fingerprint density at radius 3 is 2.03 bits per heavy atom. The molecule has 1 aromatic heterocycles. The van der Waals surface area contributed by atoms with Crippen molar-refractivity contribution in [2.75, 3.05) is 25.5 Å². The van der Waals surface area contributed by atoms with Crippen molar-refractivity contribution in [1.82, 2.24) is 9.88 Å². The monoisotopic (exact) mass is 427 g/mol. The second-order valence-electron chi connectivity index (χ2n) is 8.08. The standard InChI is InChI=1S/C27H29N3O2/c1-19-18-24(26(32-3)28-20(19)2)29-27(31)30-16-14-23(15-17-30)25(21-10-6-4-7-11-21)22-12-8-5-9-13-22/h4-13,18H,14-17H2,1-3H3,(H,29,31). The average molecular weight is 428 g/mol. The van der Waals surface area contributed by atoms with E-state index in [0.29, 0.717) is 24.7 Å². The Balaban J connectivity index is 1.53. The molecular weight excluding hydrogens is 398 g/mol. The van der Waals surface area contributed by atoms with Crippen LogP contribution in [0.1, 0.15) is 35.2 Å². The number of nitrogens with zero attached hydrogens (tertiary/aromatic N) is 2. The van der Waals surface area contributed by atoms with Crippen molar-refractivity contribution in [3.8, 4) is 5.88 Å². The predicted octanol–water partition coefficient (Wildman–Crippen LogP) is 5.84. The first-order valence-electron chi connectivity index (χ1n) is 11.0. The van der Waals surface area contributed by atoms with E-state index < -0.39 is 0 Å². The molecule has 0 saturated carbocycles. The maximum absolute atomic E-state index is 13.0. The molecule has 2 amide bonds. The number of nitrogens with one attached hydrogen (secondary N) is 1. The number of carbonyl (C=O) groups excluding carboxylic acids is 1. The van der Waals surface area contributed by atoms with Crippen molar-refractivity contribution in [2.45, 2.75) is 26.7 Å². The topological polar surface area (TPSA) is 54.5 Å². The number of carbonyl (C=O) groups is 1. The summed E-state index contributed by atoms with van der Waals surface area (Å²) in [5.74, 6) is 0.439. The molecule has 0 aliphatic carbocycles. The van der Waals surface area contributed by atoms with Crippen molar-refractivity contribution < 1.29 is 9.53 Å². The molecule has 164 valence electrons. The molecule has 0 atom stereocenters. The van der Waals surface area contributed by atoms with Gasteiger partial charge in [-0.2, -0.15) is 0 Å². The molecule has 4 rings (SSSR count). The summed E-state index contributed by atoms with van der Waals surface area (Å²) >= 11 is 0. The van der Waals surface area contributed by atoms with Crippen LogP contribution in [0.15, 0.2) is 72.3 Å². The predicted molar refractivity (Wildman–Crippen MR) is 129 cm³/mol. The molecule has 0 radical (unpaired) electrons. The van der Waals surface area contributed by atoms with Crippen LogP contribution >= 0.6 is 0 Å². The highest BCUT2D eigenvalue weighted by molar-refractivity contribution is 5.91. The van der Waals surface area contributed by atoms with E-state index >= 15 is 0 Å². The lowest BCUT2D eigenvalue weighted by molar-refractivity contribution is 0.207. The summed E-state index contributed by atoms with van der Waals surface area (Å²) in [4.78, 5) is 19.3. The van der Waals surface area contributed by atoms with E-state index in [9.17, 15) is 4.79 Å². The van der Waals surface area contributed by atoms with Crippen LogP contribution in [0.3, 0.4) is 0 Å². The van der Waals surface area contributed by atoms with Gasteiger partial charge in [0.1, 0.15) is 5.69 Å². The third kappa shape index (κ3) is 4.67. The van der Waals surface area contributed by atoms with E-state index in [-0.39, 0.29) is 6.03 Å². The largest absolute Gasteiger partial charge is 0.480 e. The molecule has 1 N–H and O–H groups in total. The fourth-order valence-electron chi connectivity index (χ4n) is 4.14. The minimum absolute atomic E-state index is 0.117. The van der Waals surface area contributed by atoms with Gasteiger partial charge in [-0.3, -0.25) is 0 Å². The molecule has 1 aliphatic heterocycles. The van der Waals surface area contributed by atoms with E-state index in [4.69, 9.17) is 4.74 Å². The van der Waals surface area contributed by atoms with Crippen molar-refractivity contribution in [2.24, 2.45) is 0 Å². The number of aryl methyl sites for hydroxylation is 2. The molecule has 1 aliphatic rings. The lowest BCUT2D eigenvalue weighted by atomic mass is 9.88. The van der Waals surface area contributed by atoms with Gasteiger partial charge in [0.05, 0.1) is 7.11 Å². The number of hydrogen-bond acceptors (Lipinski definition) is 3. The molecule has 2 heterocycles. The third-order valence-corrected chi connectivity index (χ3v) is 6.00. The second kappa shape index (κ2) is 9.69. The first kappa shape index (κ1) is 21.6. The molecule has 32 heavy (non-hydrogen) atoms. The zero-order valence-electron chi connectivity index (χ0n) is 18.9. The van der Waals surface area contributed by atoms with Gasteiger partial charge in [-0.1, -0.05) is 66.2 Å². The van der Waals surface area contributed by atoms with E-state index in [1.807, 2.05) is 36.9 Å². The van der Waals surface area contributed by atoms with Crippen LogP contribution in [0.2, 0.25) is 0 Å². The summed E-state index contributed by atoms with van der Waals surface area (Å²) in [7, 11) is 1.57. The van der Waals surface area contributed by atoms with Crippen LogP contribution in [-0.4, -0.2) is 36.1 Å². The van der Waals surface area contributed by atoms with Gasteiger partial charge in [-0.25, -0.2) is 9.78 Å². The number of amides is 2. The highest BCUT2D eigenvalue weighted by Crippen LogP contribution is 2.32. The van der Waals surface area contributed by atoms with Crippen LogP contribution in [-0.2, 0) is 0 Å². The number of piperidine rings is 1. The minimum Gasteiger partial charge on any atom is -0.480 e. The maximum Gasteiger partial charge on any atom is 0.322 e. The van der Waals surface area contributed by atoms with Gasteiger partial charge in [-0.05, 0) is 55.0 Å². The lowest BCUT2D eigenvalue weighted by Gasteiger charge is -2.30. The van der Waals surface area contributed by atoms with Crippen LogP contribution in [0.25, 0.3) is 5.57 Å². The highest BCUT2D eigenvalue weighted by Gasteiger charge is 2.23. The molecule has 1 saturated heterocycles. The van der Waals surface area contributed by atoms with Crippen LogP contribution in [0.5, 0.6) is 5.88 Å².